The summed E-state index contributed by atoms with van der Waals surface area (Å²) in [6, 6.07) is 8.25. The van der Waals surface area contributed by atoms with Crippen LogP contribution in [0, 0.1) is 6.92 Å². The van der Waals surface area contributed by atoms with E-state index in [0.717, 1.165) is 25.9 Å². The molecule has 1 aromatic rings. The van der Waals surface area contributed by atoms with E-state index in [-0.39, 0.29) is 19.0 Å². The number of carbonyl (C=O) groups is 2. The summed E-state index contributed by atoms with van der Waals surface area (Å²) in [6.45, 7) is 3.75. The fourth-order valence-corrected chi connectivity index (χ4v) is 2.83. The highest BCUT2D eigenvalue weighted by Gasteiger charge is 2.24. The summed E-state index contributed by atoms with van der Waals surface area (Å²) in [5.74, 6) is -0.386. The summed E-state index contributed by atoms with van der Waals surface area (Å²) in [7, 11) is 0. The molecule has 1 heterocycles. The summed E-state index contributed by atoms with van der Waals surface area (Å²) < 4.78 is 0. The molecule has 0 radical (unpaired) electrons. The first-order valence-electron chi connectivity index (χ1n) is 7.38. The molecule has 2 N–H and O–H groups in total. The van der Waals surface area contributed by atoms with Crippen LogP contribution in [-0.4, -0.2) is 41.6 Å². The number of piperidine rings is 1. The zero-order chi connectivity index (χ0) is 15.2. The molecule has 0 atom stereocenters. The second kappa shape index (κ2) is 7.11. The molecule has 0 aromatic heterocycles. The first kappa shape index (κ1) is 15.4. The number of nitrogens with zero attached hydrogens (tertiary/aromatic N) is 1. The topological polar surface area (TPSA) is 69.6 Å². The van der Waals surface area contributed by atoms with Gasteiger partial charge < -0.3 is 15.3 Å². The lowest BCUT2D eigenvalue weighted by atomic mass is 9.87. The molecule has 1 saturated heterocycles. The number of nitrogens with one attached hydrogen (secondary N) is 1. The van der Waals surface area contributed by atoms with Crippen LogP contribution in [0.5, 0.6) is 0 Å². The van der Waals surface area contributed by atoms with Crippen molar-refractivity contribution in [1.29, 1.82) is 0 Å². The van der Waals surface area contributed by atoms with Crippen LogP contribution < -0.4 is 5.32 Å². The normalized spacial score (nSPS) is 15.8. The summed E-state index contributed by atoms with van der Waals surface area (Å²) >= 11 is 0. The maximum Gasteiger partial charge on any atom is 0.317 e. The van der Waals surface area contributed by atoms with Gasteiger partial charge in [-0.2, -0.15) is 0 Å². The number of hydrogen-bond acceptors (Lipinski definition) is 2. The molecule has 1 fully saturated rings. The van der Waals surface area contributed by atoms with Gasteiger partial charge in [-0.25, -0.2) is 4.79 Å². The molecule has 2 rings (SSSR count). The minimum Gasteiger partial charge on any atom is -0.481 e. The zero-order valence-corrected chi connectivity index (χ0v) is 12.3. The lowest BCUT2D eigenvalue weighted by Gasteiger charge is -2.32. The van der Waals surface area contributed by atoms with Crippen LogP contribution in [0.1, 0.15) is 36.3 Å². The van der Waals surface area contributed by atoms with E-state index in [1.165, 1.54) is 11.1 Å². The van der Waals surface area contributed by atoms with E-state index in [4.69, 9.17) is 5.11 Å². The van der Waals surface area contributed by atoms with E-state index in [2.05, 4.69) is 30.4 Å². The van der Waals surface area contributed by atoms with E-state index in [9.17, 15) is 9.59 Å². The van der Waals surface area contributed by atoms with Crippen molar-refractivity contribution in [1.82, 2.24) is 10.2 Å². The second-order valence-corrected chi connectivity index (χ2v) is 5.49. The van der Waals surface area contributed by atoms with Gasteiger partial charge in [0.15, 0.2) is 0 Å². The SMILES string of the molecule is Cc1ccccc1C1CCN(C(=O)NCCC(=O)O)CC1. The maximum absolute atomic E-state index is 11.9. The first-order valence-corrected chi connectivity index (χ1v) is 7.38. The molecule has 5 heteroatoms. The van der Waals surface area contributed by atoms with Gasteiger partial charge in [-0.1, -0.05) is 24.3 Å². The predicted molar refractivity (Wildman–Crippen MR) is 80.4 cm³/mol. The molecule has 2 amide bonds. The van der Waals surface area contributed by atoms with Crippen LogP contribution in [0.4, 0.5) is 4.79 Å². The van der Waals surface area contributed by atoms with E-state index in [1.54, 1.807) is 4.90 Å². The highest BCUT2D eigenvalue weighted by molar-refractivity contribution is 5.75. The fraction of sp³-hybridized carbons (Fsp3) is 0.500. The number of aryl methyl sites for hydroxylation is 1. The number of benzene rings is 1. The van der Waals surface area contributed by atoms with Gasteiger partial charge in [-0.05, 0) is 36.8 Å². The van der Waals surface area contributed by atoms with Crippen molar-refractivity contribution in [3.05, 3.63) is 35.4 Å². The smallest absolute Gasteiger partial charge is 0.317 e. The Bertz CT molecular complexity index is 508. The minimum atomic E-state index is -0.895. The Kier molecular flexibility index (Phi) is 5.20. The van der Waals surface area contributed by atoms with Crippen LogP contribution >= 0.6 is 0 Å². The number of carbonyl (C=O) groups excluding carboxylic acids is 1. The van der Waals surface area contributed by atoms with Gasteiger partial charge in [0.1, 0.15) is 0 Å². The molecular weight excluding hydrogens is 268 g/mol. The van der Waals surface area contributed by atoms with Crippen LogP contribution in [-0.2, 0) is 4.79 Å². The molecule has 1 aliphatic heterocycles. The number of aliphatic carboxylic acids is 1. The lowest BCUT2D eigenvalue weighted by molar-refractivity contribution is -0.136. The summed E-state index contributed by atoms with van der Waals surface area (Å²) in [6.07, 6.45) is 1.87. The van der Waals surface area contributed by atoms with Crippen LogP contribution in [0.2, 0.25) is 0 Å². The standard InChI is InChI=1S/C16H22N2O3/c1-12-4-2-3-5-14(12)13-7-10-18(11-8-13)16(21)17-9-6-15(19)20/h2-5,13H,6-11H2,1H3,(H,17,21)(H,19,20). The number of carboxylic acid groups (broad SMARTS) is 1. The quantitative estimate of drug-likeness (QED) is 0.894. The average molecular weight is 290 g/mol. The van der Waals surface area contributed by atoms with Crippen molar-refractivity contribution in [3.8, 4) is 0 Å². The van der Waals surface area contributed by atoms with Crippen molar-refractivity contribution in [3.63, 3.8) is 0 Å². The molecule has 0 spiro atoms. The highest BCUT2D eigenvalue weighted by Crippen LogP contribution is 2.29. The summed E-state index contributed by atoms with van der Waals surface area (Å²) in [5.41, 5.74) is 2.69. The Morgan fingerprint density at radius 2 is 1.95 bits per heavy atom. The Balaban J connectivity index is 1.82. The van der Waals surface area contributed by atoms with E-state index in [0.29, 0.717) is 5.92 Å². The predicted octanol–water partition coefficient (Wildman–Crippen LogP) is 2.36. The van der Waals surface area contributed by atoms with Crippen molar-refractivity contribution in [2.24, 2.45) is 0 Å². The molecule has 21 heavy (non-hydrogen) atoms. The minimum absolute atomic E-state index is 0.0363. The Hall–Kier alpha value is -2.04. The van der Waals surface area contributed by atoms with E-state index in [1.807, 2.05) is 6.07 Å². The van der Waals surface area contributed by atoms with Crippen molar-refractivity contribution in [2.75, 3.05) is 19.6 Å². The number of carboxylic acids is 1. The monoisotopic (exact) mass is 290 g/mol. The molecular formula is C16H22N2O3. The van der Waals surface area contributed by atoms with Gasteiger partial charge in [0.05, 0.1) is 6.42 Å². The van der Waals surface area contributed by atoms with Gasteiger partial charge in [-0.15, -0.1) is 0 Å². The van der Waals surface area contributed by atoms with Crippen molar-refractivity contribution in [2.45, 2.75) is 32.1 Å². The van der Waals surface area contributed by atoms with Gasteiger partial charge in [-0.3, -0.25) is 4.79 Å². The first-order chi connectivity index (χ1) is 10.1. The number of hydrogen-bond donors (Lipinski definition) is 2. The number of amides is 2. The molecule has 1 aromatic carbocycles. The third kappa shape index (κ3) is 4.21. The average Bonchev–Trinajstić information content (AvgIpc) is 2.47. The van der Waals surface area contributed by atoms with Crippen LogP contribution in [0.15, 0.2) is 24.3 Å². The molecule has 114 valence electrons. The maximum atomic E-state index is 11.9. The van der Waals surface area contributed by atoms with E-state index >= 15 is 0 Å². The van der Waals surface area contributed by atoms with E-state index < -0.39 is 5.97 Å². The van der Waals surface area contributed by atoms with Crippen molar-refractivity contribution >= 4 is 12.0 Å². The molecule has 1 aliphatic rings. The largest absolute Gasteiger partial charge is 0.481 e. The van der Waals surface area contributed by atoms with Crippen LogP contribution in [0.25, 0.3) is 0 Å². The third-order valence-electron chi connectivity index (χ3n) is 4.03. The van der Waals surface area contributed by atoms with Crippen molar-refractivity contribution < 1.29 is 14.7 Å². The van der Waals surface area contributed by atoms with Gasteiger partial charge >= 0.3 is 12.0 Å². The second-order valence-electron chi connectivity index (χ2n) is 5.49. The molecule has 0 saturated carbocycles. The van der Waals surface area contributed by atoms with Gasteiger partial charge in [0.2, 0.25) is 0 Å². The Morgan fingerprint density at radius 1 is 1.29 bits per heavy atom. The molecule has 0 aliphatic carbocycles. The third-order valence-corrected chi connectivity index (χ3v) is 4.03. The molecule has 0 unspecified atom stereocenters. The Morgan fingerprint density at radius 3 is 2.57 bits per heavy atom. The number of likely N-dealkylation sites (tertiary alicyclic amines) is 1. The fourth-order valence-electron chi connectivity index (χ4n) is 2.83. The molecule has 0 bridgehead atoms. The van der Waals surface area contributed by atoms with Crippen LogP contribution in [0.3, 0.4) is 0 Å². The lowest BCUT2D eigenvalue weighted by Crippen LogP contribution is -2.44. The summed E-state index contributed by atoms with van der Waals surface area (Å²) in [4.78, 5) is 24.1. The van der Waals surface area contributed by atoms with Gasteiger partial charge in [0.25, 0.3) is 0 Å². The highest BCUT2D eigenvalue weighted by atomic mass is 16.4. The molecule has 5 nitrogen and oxygen atoms in total. The number of urea groups is 1. The number of rotatable bonds is 4. The zero-order valence-electron chi connectivity index (χ0n) is 12.3. The van der Waals surface area contributed by atoms with Gasteiger partial charge in [0, 0.05) is 19.6 Å². The Labute approximate surface area is 125 Å². The summed E-state index contributed by atoms with van der Waals surface area (Å²) in [5, 5.41) is 11.2.